The van der Waals surface area contributed by atoms with E-state index in [9.17, 15) is 9.90 Å². The van der Waals surface area contributed by atoms with E-state index in [0.717, 1.165) is 0 Å². The standard InChI is InChI=1S/C13H8Cl2N4O2/c14-7-1-6(2-8(15)3-7)9-4-10(20)11(12(16)21)19-13(9)17-5-18-19/h1-5,20H,(H2,16,21). The summed E-state index contributed by atoms with van der Waals surface area (Å²) in [4.78, 5) is 15.5. The average Bonchev–Trinajstić information content (AvgIpc) is 2.84. The van der Waals surface area contributed by atoms with Crippen LogP contribution >= 0.6 is 23.2 Å². The van der Waals surface area contributed by atoms with Crippen LogP contribution in [-0.4, -0.2) is 25.6 Å². The van der Waals surface area contributed by atoms with Gasteiger partial charge < -0.3 is 10.8 Å². The first-order chi connectivity index (χ1) is 9.97. The Balaban J connectivity index is 2.36. The first-order valence-corrected chi connectivity index (χ1v) is 6.55. The Kier molecular flexibility index (Phi) is 3.19. The number of hydrogen-bond donors (Lipinski definition) is 2. The van der Waals surface area contributed by atoms with Gasteiger partial charge in [0.25, 0.3) is 5.91 Å². The van der Waals surface area contributed by atoms with Gasteiger partial charge in [-0.15, -0.1) is 0 Å². The van der Waals surface area contributed by atoms with Crippen molar-refractivity contribution < 1.29 is 9.90 Å². The summed E-state index contributed by atoms with van der Waals surface area (Å²) in [5.41, 5.74) is 6.63. The van der Waals surface area contributed by atoms with Gasteiger partial charge in [0, 0.05) is 15.6 Å². The van der Waals surface area contributed by atoms with Crippen LogP contribution < -0.4 is 5.73 Å². The number of aromatic nitrogens is 3. The van der Waals surface area contributed by atoms with Crippen LogP contribution in [0.3, 0.4) is 0 Å². The fraction of sp³-hybridized carbons (Fsp3) is 0. The Morgan fingerprint density at radius 3 is 2.48 bits per heavy atom. The minimum Gasteiger partial charge on any atom is -0.505 e. The zero-order valence-electron chi connectivity index (χ0n) is 10.4. The summed E-state index contributed by atoms with van der Waals surface area (Å²) in [6.45, 7) is 0. The molecule has 0 radical (unpaired) electrons. The summed E-state index contributed by atoms with van der Waals surface area (Å²) in [6, 6.07) is 6.30. The molecule has 0 aliphatic heterocycles. The minimum atomic E-state index is -0.807. The molecule has 2 aromatic heterocycles. The predicted octanol–water partition coefficient (Wildman–Crippen LogP) is 2.51. The van der Waals surface area contributed by atoms with Gasteiger partial charge in [-0.1, -0.05) is 23.2 Å². The number of nitrogens with two attached hydrogens (primary N) is 1. The van der Waals surface area contributed by atoms with E-state index in [1.807, 2.05) is 0 Å². The van der Waals surface area contributed by atoms with Crippen LogP contribution in [0.4, 0.5) is 0 Å². The molecule has 3 rings (SSSR count). The van der Waals surface area contributed by atoms with E-state index in [1.54, 1.807) is 18.2 Å². The van der Waals surface area contributed by atoms with Crippen LogP contribution in [0.15, 0.2) is 30.6 Å². The van der Waals surface area contributed by atoms with Crippen LogP contribution in [-0.2, 0) is 0 Å². The maximum atomic E-state index is 11.4. The maximum absolute atomic E-state index is 11.4. The number of aromatic hydroxyl groups is 1. The molecule has 1 amide bonds. The third-order valence-corrected chi connectivity index (χ3v) is 3.37. The van der Waals surface area contributed by atoms with Crippen molar-refractivity contribution in [3.05, 3.63) is 46.3 Å². The molecule has 0 atom stereocenters. The fourth-order valence-corrected chi connectivity index (χ4v) is 2.65. The van der Waals surface area contributed by atoms with E-state index < -0.39 is 5.91 Å². The molecule has 1 aromatic carbocycles. The molecule has 0 unspecified atom stereocenters. The van der Waals surface area contributed by atoms with Crippen LogP contribution in [0.2, 0.25) is 10.0 Å². The Labute approximate surface area is 128 Å². The van der Waals surface area contributed by atoms with Crippen LogP contribution in [0.5, 0.6) is 5.75 Å². The number of fused-ring (bicyclic) bond motifs is 1. The second kappa shape index (κ2) is 4.91. The fourth-order valence-electron chi connectivity index (χ4n) is 2.12. The Morgan fingerprint density at radius 1 is 1.19 bits per heavy atom. The lowest BCUT2D eigenvalue weighted by molar-refractivity contribution is 0.0990. The highest BCUT2D eigenvalue weighted by Crippen LogP contribution is 2.33. The van der Waals surface area contributed by atoms with E-state index >= 15 is 0 Å². The zero-order chi connectivity index (χ0) is 15.1. The lowest BCUT2D eigenvalue weighted by Gasteiger charge is -2.09. The van der Waals surface area contributed by atoms with Gasteiger partial charge in [0.05, 0.1) is 0 Å². The van der Waals surface area contributed by atoms with Crippen molar-refractivity contribution in [1.29, 1.82) is 0 Å². The highest BCUT2D eigenvalue weighted by atomic mass is 35.5. The number of primary amides is 1. The molecule has 21 heavy (non-hydrogen) atoms. The van der Waals surface area contributed by atoms with Crippen molar-refractivity contribution >= 4 is 34.8 Å². The van der Waals surface area contributed by atoms with Gasteiger partial charge in [0.1, 0.15) is 12.1 Å². The second-order valence-electron chi connectivity index (χ2n) is 4.31. The summed E-state index contributed by atoms with van der Waals surface area (Å²) < 4.78 is 1.18. The maximum Gasteiger partial charge on any atom is 0.271 e. The topological polar surface area (TPSA) is 93.5 Å². The monoisotopic (exact) mass is 322 g/mol. The Morgan fingerprint density at radius 2 is 1.86 bits per heavy atom. The molecule has 0 aliphatic rings. The Bertz CT molecular complexity index is 856. The number of halogens is 2. The second-order valence-corrected chi connectivity index (χ2v) is 5.18. The first-order valence-electron chi connectivity index (χ1n) is 5.79. The van der Waals surface area contributed by atoms with E-state index in [0.29, 0.717) is 26.8 Å². The molecule has 0 saturated carbocycles. The highest BCUT2D eigenvalue weighted by molar-refractivity contribution is 6.35. The largest absolute Gasteiger partial charge is 0.505 e. The van der Waals surface area contributed by atoms with Crippen molar-refractivity contribution in [2.75, 3.05) is 0 Å². The van der Waals surface area contributed by atoms with Gasteiger partial charge in [-0.25, -0.2) is 9.50 Å². The molecule has 106 valence electrons. The van der Waals surface area contributed by atoms with Crippen molar-refractivity contribution in [2.45, 2.75) is 0 Å². The molecule has 8 heteroatoms. The molecule has 0 bridgehead atoms. The number of hydrogen-bond acceptors (Lipinski definition) is 4. The summed E-state index contributed by atoms with van der Waals surface area (Å²) in [5, 5.41) is 14.8. The molecule has 3 aromatic rings. The lowest BCUT2D eigenvalue weighted by atomic mass is 10.1. The summed E-state index contributed by atoms with van der Waals surface area (Å²) >= 11 is 12.0. The normalized spacial score (nSPS) is 11.0. The smallest absolute Gasteiger partial charge is 0.271 e. The average molecular weight is 323 g/mol. The predicted molar refractivity (Wildman–Crippen MR) is 78.6 cm³/mol. The molecule has 0 fully saturated rings. The lowest BCUT2D eigenvalue weighted by Crippen LogP contribution is -2.16. The van der Waals surface area contributed by atoms with Crippen molar-refractivity contribution in [3.8, 4) is 16.9 Å². The summed E-state index contributed by atoms with van der Waals surface area (Å²) in [5.74, 6) is -1.11. The Hall–Kier alpha value is -2.31. The van der Waals surface area contributed by atoms with E-state index in [2.05, 4.69) is 10.1 Å². The molecule has 0 aliphatic carbocycles. The highest BCUT2D eigenvalue weighted by Gasteiger charge is 2.19. The van der Waals surface area contributed by atoms with Crippen LogP contribution in [0, 0.1) is 0 Å². The van der Waals surface area contributed by atoms with E-state index in [4.69, 9.17) is 28.9 Å². The number of amides is 1. The summed E-state index contributed by atoms with van der Waals surface area (Å²) in [7, 11) is 0. The minimum absolute atomic E-state index is 0.139. The number of pyridine rings is 1. The van der Waals surface area contributed by atoms with Gasteiger partial charge in [0.2, 0.25) is 0 Å². The van der Waals surface area contributed by atoms with Gasteiger partial charge in [-0.3, -0.25) is 4.79 Å². The van der Waals surface area contributed by atoms with Gasteiger partial charge in [-0.05, 0) is 29.8 Å². The number of carbonyl (C=O) groups is 1. The molecule has 2 heterocycles. The van der Waals surface area contributed by atoms with Gasteiger partial charge in [-0.2, -0.15) is 5.10 Å². The molecule has 0 spiro atoms. The quantitative estimate of drug-likeness (QED) is 0.758. The molecule has 3 N–H and O–H groups in total. The SMILES string of the molecule is NC(=O)c1c(O)cc(-c2cc(Cl)cc(Cl)c2)c2ncnn12. The first kappa shape index (κ1) is 13.7. The van der Waals surface area contributed by atoms with Gasteiger partial charge in [0.15, 0.2) is 11.3 Å². The van der Waals surface area contributed by atoms with Crippen molar-refractivity contribution in [1.82, 2.24) is 14.6 Å². The molecule has 0 saturated heterocycles. The van der Waals surface area contributed by atoms with E-state index in [1.165, 1.54) is 16.9 Å². The number of nitrogens with zero attached hydrogens (tertiary/aromatic N) is 3. The van der Waals surface area contributed by atoms with Crippen LogP contribution in [0.1, 0.15) is 10.5 Å². The molecular formula is C13H8Cl2N4O2. The number of benzene rings is 1. The number of carbonyl (C=O) groups excluding carboxylic acids is 1. The molecular weight excluding hydrogens is 315 g/mol. The summed E-state index contributed by atoms with van der Waals surface area (Å²) in [6.07, 6.45) is 1.26. The number of rotatable bonds is 2. The third kappa shape index (κ3) is 2.28. The molecule has 6 nitrogen and oxygen atoms in total. The van der Waals surface area contributed by atoms with Crippen molar-refractivity contribution in [3.63, 3.8) is 0 Å². The van der Waals surface area contributed by atoms with Gasteiger partial charge >= 0.3 is 0 Å². The van der Waals surface area contributed by atoms with Crippen molar-refractivity contribution in [2.24, 2.45) is 5.73 Å². The van der Waals surface area contributed by atoms with E-state index in [-0.39, 0.29) is 11.4 Å². The zero-order valence-corrected chi connectivity index (χ0v) is 11.9. The third-order valence-electron chi connectivity index (χ3n) is 2.93. The van der Waals surface area contributed by atoms with Crippen LogP contribution in [0.25, 0.3) is 16.8 Å².